The number of halogens is 1. The van der Waals surface area contributed by atoms with Crippen LogP contribution in [-0.2, 0) is 11.3 Å². The van der Waals surface area contributed by atoms with Crippen molar-refractivity contribution in [3.05, 3.63) is 45.3 Å². The molecule has 2 heterocycles. The summed E-state index contributed by atoms with van der Waals surface area (Å²) in [7, 11) is 0. The zero-order valence-electron chi connectivity index (χ0n) is 17.9. The van der Waals surface area contributed by atoms with Gasteiger partial charge in [0.25, 0.3) is 5.56 Å². The molecule has 1 aromatic carbocycles. The number of fused-ring (bicyclic) bond motifs is 1. The Morgan fingerprint density at radius 2 is 1.97 bits per heavy atom. The molecular formula is C21H27ClN4O3S. The van der Waals surface area contributed by atoms with Crippen LogP contribution in [0.3, 0.4) is 0 Å². The molecule has 2 aromatic heterocycles. The summed E-state index contributed by atoms with van der Waals surface area (Å²) in [5.41, 5.74) is 0.481. The maximum atomic E-state index is 13.2. The van der Waals surface area contributed by atoms with E-state index in [1.807, 2.05) is 34.6 Å². The summed E-state index contributed by atoms with van der Waals surface area (Å²) in [6.07, 6.45) is 0.860. The molecule has 3 rings (SSSR count). The van der Waals surface area contributed by atoms with E-state index in [-0.39, 0.29) is 22.8 Å². The lowest BCUT2D eigenvalue weighted by atomic mass is 10.2. The van der Waals surface area contributed by atoms with Crippen LogP contribution in [0.4, 0.5) is 0 Å². The third kappa shape index (κ3) is 5.42. The molecule has 7 nitrogen and oxygen atoms in total. The number of hydrogen-bond donors (Lipinski definition) is 0. The Hall–Kier alpha value is -1.90. The minimum atomic E-state index is -0.160. The van der Waals surface area contributed by atoms with Gasteiger partial charge in [0.15, 0.2) is 11.0 Å². The Morgan fingerprint density at radius 3 is 2.63 bits per heavy atom. The fourth-order valence-electron chi connectivity index (χ4n) is 2.86. The molecule has 0 saturated heterocycles. The summed E-state index contributed by atoms with van der Waals surface area (Å²) in [6, 6.07) is 5.14. The third-order valence-electron chi connectivity index (χ3n) is 4.46. The molecular weight excluding hydrogens is 424 g/mol. The van der Waals surface area contributed by atoms with Crippen LogP contribution in [0.5, 0.6) is 0 Å². The fourth-order valence-corrected chi connectivity index (χ4v) is 3.99. The van der Waals surface area contributed by atoms with E-state index < -0.39 is 0 Å². The number of thioether (sulfide) groups is 1. The standard InChI is InChI=1S/C21H27ClN4O3S/c1-12(2)18-24-19(29-25-18)14(5)30-21-23-17-11-15(22)7-8-16(17)20(27)26(21)9-6-10-28-13(3)4/h7-8,11-14H,6,9-10H2,1-5H3. The Morgan fingerprint density at radius 1 is 1.20 bits per heavy atom. The molecule has 0 spiro atoms. The van der Waals surface area contributed by atoms with Crippen LogP contribution in [0.15, 0.2) is 32.7 Å². The van der Waals surface area contributed by atoms with Crippen molar-refractivity contribution < 1.29 is 9.26 Å². The van der Waals surface area contributed by atoms with Crippen molar-refractivity contribution in [2.45, 2.75) is 70.0 Å². The zero-order chi connectivity index (χ0) is 21.8. The van der Waals surface area contributed by atoms with Crippen LogP contribution in [0.2, 0.25) is 5.02 Å². The highest BCUT2D eigenvalue weighted by Crippen LogP contribution is 2.33. The first-order chi connectivity index (χ1) is 14.3. The van der Waals surface area contributed by atoms with Crippen LogP contribution >= 0.6 is 23.4 Å². The quantitative estimate of drug-likeness (QED) is 0.251. The van der Waals surface area contributed by atoms with E-state index in [0.717, 1.165) is 0 Å². The number of aromatic nitrogens is 4. The largest absolute Gasteiger partial charge is 0.379 e. The fraction of sp³-hybridized carbons (Fsp3) is 0.524. The monoisotopic (exact) mass is 450 g/mol. The average Bonchev–Trinajstić information content (AvgIpc) is 3.17. The van der Waals surface area contributed by atoms with Gasteiger partial charge in [0, 0.05) is 24.1 Å². The first kappa shape index (κ1) is 22.8. The van der Waals surface area contributed by atoms with Crippen molar-refractivity contribution in [2.24, 2.45) is 0 Å². The summed E-state index contributed by atoms with van der Waals surface area (Å²) in [5, 5.41) is 5.55. The first-order valence-corrected chi connectivity index (χ1v) is 11.3. The topological polar surface area (TPSA) is 83.0 Å². The summed E-state index contributed by atoms with van der Waals surface area (Å²) in [6.45, 7) is 11.0. The molecule has 0 aliphatic rings. The maximum absolute atomic E-state index is 13.2. The summed E-state index contributed by atoms with van der Waals surface area (Å²) >= 11 is 7.54. The highest BCUT2D eigenvalue weighted by atomic mass is 35.5. The van der Waals surface area contributed by atoms with Crippen molar-refractivity contribution >= 4 is 34.3 Å². The lowest BCUT2D eigenvalue weighted by molar-refractivity contribution is 0.0743. The van der Waals surface area contributed by atoms with Gasteiger partial charge in [-0.05, 0) is 45.4 Å². The molecule has 9 heteroatoms. The maximum Gasteiger partial charge on any atom is 0.262 e. The minimum absolute atomic E-state index is 0.0932. The van der Waals surface area contributed by atoms with Crippen LogP contribution < -0.4 is 5.56 Å². The lowest BCUT2D eigenvalue weighted by Gasteiger charge is -2.15. The zero-order valence-corrected chi connectivity index (χ0v) is 19.5. The van der Waals surface area contributed by atoms with Gasteiger partial charge in [-0.2, -0.15) is 4.98 Å². The highest BCUT2D eigenvalue weighted by molar-refractivity contribution is 7.99. The van der Waals surface area contributed by atoms with Gasteiger partial charge in [-0.1, -0.05) is 42.4 Å². The molecule has 0 saturated carbocycles. The van der Waals surface area contributed by atoms with E-state index in [1.165, 1.54) is 11.8 Å². The molecule has 0 N–H and O–H groups in total. The van der Waals surface area contributed by atoms with E-state index in [4.69, 9.17) is 25.8 Å². The van der Waals surface area contributed by atoms with Gasteiger partial charge in [-0.25, -0.2) is 4.98 Å². The Kier molecular flexibility index (Phi) is 7.55. The normalized spacial score (nSPS) is 12.9. The molecule has 1 unspecified atom stereocenters. The molecule has 0 fully saturated rings. The van der Waals surface area contributed by atoms with Crippen LogP contribution in [0, 0.1) is 0 Å². The summed E-state index contributed by atoms with van der Waals surface area (Å²) in [5.74, 6) is 1.36. The lowest BCUT2D eigenvalue weighted by Crippen LogP contribution is -2.24. The second-order valence-corrected chi connectivity index (χ2v) is 9.44. The number of hydrogen-bond acceptors (Lipinski definition) is 7. The molecule has 0 radical (unpaired) electrons. The van der Waals surface area contributed by atoms with Crippen molar-refractivity contribution in [3.63, 3.8) is 0 Å². The molecule has 0 aliphatic carbocycles. The van der Waals surface area contributed by atoms with Crippen molar-refractivity contribution in [1.29, 1.82) is 0 Å². The van der Waals surface area contributed by atoms with E-state index in [1.54, 1.807) is 22.8 Å². The van der Waals surface area contributed by atoms with Crippen LogP contribution in [0.25, 0.3) is 10.9 Å². The van der Waals surface area contributed by atoms with Gasteiger partial charge in [0.1, 0.15) is 0 Å². The number of nitrogens with zero attached hydrogens (tertiary/aromatic N) is 4. The molecule has 0 aliphatic heterocycles. The van der Waals surface area contributed by atoms with Gasteiger partial charge in [-0.15, -0.1) is 0 Å². The Labute approximate surface area is 185 Å². The van der Waals surface area contributed by atoms with Crippen molar-refractivity contribution in [2.75, 3.05) is 6.61 Å². The molecule has 30 heavy (non-hydrogen) atoms. The van der Waals surface area contributed by atoms with E-state index in [2.05, 4.69) is 10.1 Å². The average molecular weight is 451 g/mol. The molecule has 0 amide bonds. The highest BCUT2D eigenvalue weighted by Gasteiger charge is 2.21. The van der Waals surface area contributed by atoms with E-state index in [0.29, 0.717) is 52.4 Å². The Bertz CT molecular complexity index is 1060. The predicted octanol–water partition coefficient (Wildman–Crippen LogP) is 5.22. The Balaban J connectivity index is 1.93. The minimum Gasteiger partial charge on any atom is -0.379 e. The summed E-state index contributed by atoms with van der Waals surface area (Å²) < 4.78 is 12.7. The van der Waals surface area contributed by atoms with E-state index in [9.17, 15) is 4.79 Å². The predicted molar refractivity (Wildman–Crippen MR) is 119 cm³/mol. The molecule has 1 atom stereocenters. The van der Waals surface area contributed by atoms with Crippen molar-refractivity contribution in [3.8, 4) is 0 Å². The van der Waals surface area contributed by atoms with Gasteiger partial charge in [-0.3, -0.25) is 9.36 Å². The number of rotatable bonds is 9. The molecule has 3 aromatic rings. The van der Waals surface area contributed by atoms with Gasteiger partial charge in [0.2, 0.25) is 5.89 Å². The second kappa shape index (κ2) is 9.94. The summed E-state index contributed by atoms with van der Waals surface area (Å²) in [4.78, 5) is 22.4. The van der Waals surface area contributed by atoms with Gasteiger partial charge in [0.05, 0.1) is 22.3 Å². The van der Waals surface area contributed by atoms with Gasteiger partial charge < -0.3 is 9.26 Å². The van der Waals surface area contributed by atoms with Crippen LogP contribution in [0.1, 0.15) is 63.9 Å². The molecule has 162 valence electrons. The smallest absolute Gasteiger partial charge is 0.262 e. The molecule has 0 bridgehead atoms. The number of benzene rings is 1. The first-order valence-electron chi connectivity index (χ1n) is 10.1. The van der Waals surface area contributed by atoms with E-state index >= 15 is 0 Å². The van der Waals surface area contributed by atoms with Gasteiger partial charge >= 0.3 is 0 Å². The SMILES string of the molecule is CC(C)OCCCn1c(SC(C)c2nc(C(C)C)no2)nc2cc(Cl)ccc2c1=O. The number of ether oxygens (including phenoxy) is 1. The van der Waals surface area contributed by atoms with Crippen LogP contribution in [-0.4, -0.2) is 32.4 Å². The third-order valence-corrected chi connectivity index (χ3v) is 5.78. The van der Waals surface area contributed by atoms with Crippen molar-refractivity contribution in [1.82, 2.24) is 19.7 Å². The second-order valence-electron chi connectivity index (χ2n) is 7.69.